The Morgan fingerprint density at radius 3 is 2.11 bits per heavy atom. The second kappa shape index (κ2) is 13.0. The number of benzene rings is 2. The first-order valence-electron chi connectivity index (χ1n) is 14.2. The molecule has 1 heteroatoms. The SMILES string of the molecule is C.C.CCCCCC1=C(/C=C/CC2N(CCCCC)c3ccccc3C2(C)C)C(C)(C)c2ccccc21. The maximum atomic E-state index is 2.72. The number of para-hydroxylation sites is 1. The summed E-state index contributed by atoms with van der Waals surface area (Å²) in [5.41, 5.74) is 9.32. The molecule has 1 heterocycles. The standard InChI is InChI=1S/C34H47N.2CH4/c1-7-9-11-18-26-27-19-12-13-20-28(27)33(3,4)29(26)22-17-24-32-34(5,6)30-21-14-15-23-31(30)35(32)25-16-10-8-2;;/h12-15,17,19-23,32H,7-11,16,18,24-25H2,1-6H3;2*1H4/b22-17+;;. The van der Waals surface area contributed by atoms with Crippen LogP contribution in [0.1, 0.15) is 124 Å². The monoisotopic (exact) mass is 501 g/mol. The highest BCUT2D eigenvalue weighted by Gasteiger charge is 2.43. The van der Waals surface area contributed by atoms with Gasteiger partial charge >= 0.3 is 0 Å². The van der Waals surface area contributed by atoms with Crippen LogP contribution in [0.25, 0.3) is 5.57 Å². The Balaban J connectivity index is 0.00000241. The van der Waals surface area contributed by atoms with Crippen molar-refractivity contribution in [2.24, 2.45) is 0 Å². The van der Waals surface area contributed by atoms with E-state index in [2.05, 4.69) is 107 Å². The third-order valence-electron chi connectivity index (χ3n) is 8.72. The summed E-state index contributed by atoms with van der Waals surface area (Å²) in [6.07, 6.45) is 15.0. The normalized spacial score (nSPS) is 19.0. The van der Waals surface area contributed by atoms with Crippen molar-refractivity contribution in [1.29, 1.82) is 0 Å². The number of anilines is 1. The third kappa shape index (κ3) is 5.92. The largest absolute Gasteiger partial charge is 0.367 e. The summed E-state index contributed by atoms with van der Waals surface area (Å²) in [5.74, 6) is 0. The van der Waals surface area contributed by atoms with E-state index in [1.54, 1.807) is 11.1 Å². The lowest BCUT2D eigenvalue weighted by molar-refractivity contribution is 0.414. The number of hydrogen-bond acceptors (Lipinski definition) is 1. The molecular formula is C36H55N. The fraction of sp³-hybridized carbons (Fsp3) is 0.556. The van der Waals surface area contributed by atoms with Crippen LogP contribution in [0.5, 0.6) is 0 Å². The van der Waals surface area contributed by atoms with Gasteiger partial charge in [-0.1, -0.05) is 137 Å². The molecule has 2 aromatic carbocycles. The number of unbranched alkanes of at least 4 members (excludes halogenated alkanes) is 4. The Kier molecular flexibility index (Phi) is 10.9. The number of nitrogens with zero attached hydrogens (tertiary/aromatic N) is 1. The van der Waals surface area contributed by atoms with Crippen LogP contribution in [-0.4, -0.2) is 12.6 Å². The fourth-order valence-electron chi connectivity index (χ4n) is 6.64. The zero-order valence-electron chi connectivity index (χ0n) is 23.2. The van der Waals surface area contributed by atoms with Crippen LogP contribution in [0.3, 0.4) is 0 Å². The molecule has 2 aliphatic rings. The number of fused-ring (bicyclic) bond motifs is 2. The van der Waals surface area contributed by atoms with Gasteiger partial charge in [-0.15, -0.1) is 0 Å². The van der Waals surface area contributed by atoms with Crippen molar-refractivity contribution in [1.82, 2.24) is 0 Å². The van der Waals surface area contributed by atoms with E-state index in [1.807, 2.05) is 0 Å². The van der Waals surface area contributed by atoms with Crippen molar-refractivity contribution in [3.05, 3.63) is 82.9 Å². The summed E-state index contributed by atoms with van der Waals surface area (Å²) in [6, 6.07) is 18.8. The summed E-state index contributed by atoms with van der Waals surface area (Å²) < 4.78 is 0. The minimum atomic E-state index is 0. The summed E-state index contributed by atoms with van der Waals surface area (Å²) in [5, 5.41) is 0. The predicted molar refractivity (Wildman–Crippen MR) is 168 cm³/mol. The van der Waals surface area contributed by atoms with Gasteiger partial charge in [0.25, 0.3) is 0 Å². The van der Waals surface area contributed by atoms with Crippen LogP contribution >= 0.6 is 0 Å². The molecule has 0 aromatic heterocycles. The molecule has 1 nitrogen and oxygen atoms in total. The van der Waals surface area contributed by atoms with Crippen LogP contribution in [0, 0.1) is 0 Å². The van der Waals surface area contributed by atoms with E-state index in [9.17, 15) is 0 Å². The molecule has 0 amide bonds. The molecule has 204 valence electrons. The molecule has 0 bridgehead atoms. The first kappa shape index (κ1) is 30.9. The van der Waals surface area contributed by atoms with Gasteiger partial charge in [0.05, 0.1) is 0 Å². The van der Waals surface area contributed by atoms with E-state index >= 15 is 0 Å². The van der Waals surface area contributed by atoms with Crippen molar-refractivity contribution in [2.75, 3.05) is 11.4 Å². The highest BCUT2D eigenvalue weighted by atomic mass is 15.2. The molecule has 1 unspecified atom stereocenters. The summed E-state index contributed by atoms with van der Waals surface area (Å²) in [7, 11) is 0. The molecule has 0 saturated heterocycles. The van der Waals surface area contributed by atoms with E-state index < -0.39 is 0 Å². The Bertz CT molecular complexity index is 1070. The van der Waals surface area contributed by atoms with Crippen molar-refractivity contribution >= 4 is 11.3 Å². The van der Waals surface area contributed by atoms with Gasteiger partial charge in [0, 0.05) is 29.1 Å². The van der Waals surface area contributed by atoms with Gasteiger partial charge in [0.15, 0.2) is 0 Å². The molecule has 37 heavy (non-hydrogen) atoms. The van der Waals surface area contributed by atoms with Crippen LogP contribution in [0.15, 0.2) is 66.3 Å². The van der Waals surface area contributed by atoms with E-state index in [0.29, 0.717) is 6.04 Å². The first-order chi connectivity index (χ1) is 16.8. The van der Waals surface area contributed by atoms with Crippen molar-refractivity contribution in [3.8, 4) is 0 Å². The molecule has 2 aromatic rings. The van der Waals surface area contributed by atoms with Gasteiger partial charge in [0.1, 0.15) is 0 Å². The van der Waals surface area contributed by atoms with Gasteiger partial charge in [-0.2, -0.15) is 0 Å². The van der Waals surface area contributed by atoms with Crippen LogP contribution < -0.4 is 4.90 Å². The van der Waals surface area contributed by atoms with Crippen LogP contribution in [0.4, 0.5) is 5.69 Å². The quantitative estimate of drug-likeness (QED) is 0.277. The summed E-state index contributed by atoms with van der Waals surface area (Å²) >= 11 is 0. The first-order valence-corrected chi connectivity index (χ1v) is 14.2. The molecule has 1 atom stereocenters. The van der Waals surface area contributed by atoms with Crippen molar-refractivity contribution in [3.63, 3.8) is 0 Å². The predicted octanol–water partition coefficient (Wildman–Crippen LogP) is 10.9. The van der Waals surface area contributed by atoms with Gasteiger partial charge in [0.2, 0.25) is 0 Å². The zero-order valence-corrected chi connectivity index (χ0v) is 23.2. The Morgan fingerprint density at radius 2 is 1.41 bits per heavy atom. The average Bonchev–Trinajstić information content (AvgIpc) is 3.19. The summed E-state index contributed by atoms with van der Waals surface area (Å²) in [6.45, 7) is 15.5. The van der Waals surface area contributed by atoms with Gasteiger partial charge in [-0.3, -0.25) is 0 Å². The number of allylic oxidation sites excluding steroid dienone is 3. The molecular weight excluding hydrogens is 446 g/mol. The molecule has 4 rings (SSSR count). The van der Waals surface area contributed by atoms with Crippen molar-refractivity contribution in [2.45, 2.75) is 125 Å². The molecule has 0 fully saturated rings. The molecule has 0 N–H and O–H groups in total. The third-order valence-corrected chi connectivity index (χ3v) is 8.72. The minimum Gasteiger partial charge on any atom is -0.367 e. The van der Waals surface area contributed by atoms with Crippen molar-refractivity contribution < 1.29 is 0 Å². The smallest absolute Gasteiger partial charge is 0.0416 e. The van der Waals surface area contributed by atoms with Gasteiger partial charge in [-0.05, 0) is 59.6 Å². The van der Waals surface area contributed by atoms with Gasteiger partial charge in [-0.25, -0.2) is 0 Å². The van der Waals surface area contributed by atoms with E-state index in [-0.39, 0.29) is 25.7 Å². The molecule has 0 spiro atoms. The lowest BCUT2D eigenvalue weighted by atomic mass is 9.78. The minimum absolute atomic E-state index is 0. The maximum absolute atomic E-state index is 2.72. The maximum Gasteiger partial charge on any atom is 0.0416 e. The topological polar surface area (TPSA) is 3.24 Å². The lowest BCUT2D eigenvalue weighted by Crippen LogP contribution is -2.41. The molecule has 0 saturated carbocycles. The fourth-order valence-corrected chi connectivity index (χ4v) is 6.64. The second-order valence-corrected chi connectivity index (χ2v) is 11.8. The number of hydrogen-bond donors (Lipinski definition) is 0. The Morgan fingerprint density at radius 1 is 0.784 bits per heavy atom. The van der Waals surface area contributed by atoms with Gasteiger partial charge < -0.3 is 4.90 Å². The van der Waals surface area contributed by atoms with E-state index in [0.717, 1.165) is 13.0 Å². The van der Waals surface area contributed by atoms with Crippen LogP contribution in [-0.2, 0) is 10.8 Å². The van der Waals surface area contributed by atoms with E-state index in [1.165, 1.54) is 67.3 Å². The molecule has 0 radical (unpaired) electrons. The Labute approximate surface area is 230 Å². The highest BCUT2D eigenvalue weighted by Crippen LogP contribution is 2.49. The summed E-state index contributed by atoms with van der Waals surface area (Å²) in [4.78, 5) is 2.72. The average molecular weight is 502 g/mol. The molecule has 1 aliphatic carbocycles. The Hall–Kier alpha value is -2.28. The lowest BCUT2D eigenvalue weighted by Gasteiger charge is -2.34. The second-order valence-electron chi connectivity index (χ2n) is 11.8. The highest BCUT2D eigenvalue weighted by molar-refractivity contribution is 5.82. The van der Waals surface area contributed by atoms with Crippen LogP contribution in [0.2, 0.25) is 0 Å². The van der Waals surface area contributed by atoms with E-state index in [4.69, 9.17) is 0 Å². The molecule has 1 aliphatic heterocycles. The number of rotatable bonds is 11. The zero-order chi connectivity index (χ0) is 25.1.